The van der Waals surface area contributed by atoms with Crippen LogP contribution in [0.15, 0.2) is 53.0 Å². The summed E-state index contributed by atoms with van der Waals surface area (Å²) < 4.78 is 49.8. The number of amides is 1. The molecule has 1 aliphatic rings. The van der Waals surface area contributed by atoms with Gasteiger partial charge in [0.1, 0.15) is 18.0 Å². The fourth-order valence-electron chi connectivity index (χ4n) is 2.72. The molecule has 0 radical (unpaired) electrons. The second-order valence-electron chi connectivity index (χ2n) is 5.92. The Morgan fingerprint density at radius 3 is 2.69 bits per heavy atom. The van der Waals surface area contributed by atoms with E-state index < -0.39 is 34.4 Å². The van der Waals surface area contributed by atoms with Crippen LogP contribution in [-0.4, -0.2) is 25.4 Å². The first kappa shape index (κ1) is 18.8. The molecule has 1 aliphatic heterocycles. The first-order valence-electron chi connectivity index (χ1n) is 7.60. The van der Waals surface area contributed by atoms with E-state index in [1.807, 2.05) is 0 Å². The summed E-state index contributed by atoms with van der Waals surface area (Å²) in [6, 6.07) is 12.9. The van der Waals surface area contributed by atoms with Gasteiger partial charge < -0.3 is 4.74 Å². The summed E-state index contributed by atoms with van der Waals surface area (Å²) >= 11 is 3.22. The molecule has 0 spiro atoms. The summed E-state index contributed by atoms with van der Waals surface area (Å²) in [7, 11) is -4.40. The van der Waals surface area contributed by atoms with E-state index in [1.165, 1.54) is 25.1 Å². The van der Waals surface area contributed by atoms with Crippen molar-refractivity contribution in [2.24, 2.45) is 0 Å². The molecular weight excluding hydrogens is 429 g/mol. The molecule has 0 unspecified atom stereocenters. The molecule has 0 bridgehead atoms. The Hall–Kier alpha value is -1.97. The normalized spacial score (nSPS) is 21.6. The standard InChI is InChI=1S/C17H15BrFNO5S/c1-17(14-9-13(18)7-8-15(14)19)11-25-26(22,23)20(17)16(21)24-10-12-5-3-2-4-6-12/h2-9H,10-11H2,1H3/t17-/m0/s1. The van der Waals surface area contributed by atoms with Crippen molar-refractivity contribution in [3.05, 3.63) is 69.9 Å². The van der Waals surface area contributed by atoms with Crippen LogP contribution >= 0.6 is 15.9 Å². The van der Waals surface area contributed by atoms with E-state index in [1.54, 1.807) is 30.3 Å². The summed E-state index contributed by atoms with van der Waals surface area (Å²) in [5.74, 6) is -0.655. The molecule has 0 saturated carbocycles. The fraction of sp³-hybridized carbons (Fsp3) is 0.235. The number of rotatable bonds is 3. The van der Waals surface area contributed by atoms with Crippen molar-refractivity contribution >= 4 is 32.3 Å². The van der Waals surface area contributed by atoms with Crippen molar-refractivity contribution < 1.29 is 26.5 Å². The Labute approximate surface area is 158 Å². The summed E-state index contributed by atoms with van der Waals surface area (Å²) in [6.07, 6.45) is -1.13. The molecule has 1 heterocycles. The van der Waals surface area contributed by atoms with Crippen LogP contribution in [-0.2, 0) is 31.4 Å². The highest BCUT2D eigenvalue weighted by molar-refractivity contribution is 9.10. The highest BCUT2D eigenvalue weighted by Crippen LogP contribution is 2.40. The minimum absolute atomic E-state index is 0.00427. The zero-order valence-corrected chi connectivity index (χ0v) is 16.1. The Morgan fingerprint density at radius 2 is 2.00 bits per heavy atom. The summed E-state index contributed by atoms with van der Waals surface area (Å²) in [5.41, 5.74) is -0.876. The van der Waals surface area contributed by atoms with Crippen LogP contribution in [0, 0.1) is 5.82 Å². The lowest BCUT2D eigenvalue weighted by Crippen LogP contribution is -2.47. The van der Waals surface area contributed by atoms with E-state index in [0.717, 1.165) is 0 Å². The van der Waals surface area contributed by atoms with Crippen LogP contribution in [0.1, 0.15) is 18.1 Å². The molecule has 9 heteroatoms. The molecule has 1 atom stereocenters. The molecule has 1 amide bonds. The van der Waals surface area contributed by atoms with E-state index >= 15 is 0 Å². The van der Waals surface area contributed by atoms with Gasteiger partial charge in [-0.15, -0.1) is 0 Å². The molecule has 0 N–H and O–H groups in total. The van der Waals surface area contributed by atoms with E-state index in [-0.39, 0.29) is 12.2 Å². The van der Waals surface area contributed by atoms with Crippen LogP contribution in [0.3, 0.4) is 0 Å². The summed E-state index contributed by atoms with van der Waals surface area (Å²) in [4.78, 5) is 12.5. The van der Waals surface area contributed by atoms with Gasteiger partial charge in [0.05, 0.1) is 6.61 Å². The lowest BCUT2D eigenvalue weighted by molar-refractivity contribution is 0.0938. The van der Waals surface area contributed by atoms with Crippen molar-refractivity contribution in [2.75, 3.05) is 6.61 Å². The Kier molecular flexibility index (Phi) is 5.05. The number of nitrogens with zero attached hydrogens (tertiary/aromatic N) is 1. The van der Waals surface area contributed by atoms with E-state index in [2.05, 4.69) is 15.9 Å². The number of hydrogen-bond acceptors (Lipinski definition) is 5. The molecule has 0 aliphatic carbocycles. The Balaban J connectivity index is 1.93. The quantitative estimate of drug-likeness (QED) is 0.722. The minimum atomic E-state index is -4.40. The summed E-state index contributed by atoms with van der Waals surface area (Å²) in [6.45, 7) is 0.873. The van der Waals surface area contributed by atoms with Gasteiger partial charge in [0.15, 0.2) is 0 Å². The highest BCUT2D eigenvalue weighted by atomic mass is 79.9. The van der Waals surface area contributed by atoms with Gasteiger partial charge in [0, 0.05) is 10.0 Å². The zero-order valence-electron chi connectivity index (χ0n) is 13.7. The topological polar surface area (TPSA) is 72.9 Å². The molecule has 2 aromatic rings. The zero-order chi connectivity index (χ0) is 18.9. The lowest BCUT2D eigenvalue weighted by atomic mass is 9.92. The lowest BCUT2D eigenvalue weighted by Gasteiger charge is -2.30. The third kappa shape index (κ3) is 3.46. The van der Waals surface area contributed by atoms with Gasteiger partial charge >= 0.3 is 16.4 Å². The monoisotopic (exact) mass is 443 g/mol. The van der Waals surface area contributed by atoms with Crippen LogP contribution in [0.5, 0.6) is 0 Å². The molecule has 1 fully saturated rings. The minimum Gasteiger partial charge on any atom is -0.444 e. The number of halogens is 2. The maximum absolute atomic E-state index is 14.4. The van der Waals surface area contributed by atoms with Gasteiger partial charge in [-0.1, -0.05) is 46.3 Å². The van der Waals surface area contributed by atoms with E-state index in [4.69, 9.17) is 8.92 Å². The van der Waals surface area contributed by atoms with Gasteiger partial charge in [-0.2, -0.15) is 12.7 Å². The van der Waals surface area contributed by atoms with Crippen molar-refractivity contribution in [3.8, 4) is 0 Å². The second kappa shape index (κ2) is 6.98. The van der Waals surface area contributed by atoms with Gasteiger partial charge in [0.25, 0.3) is 0 Å². The van der Waals surface area contributed by atoms with Crippen LogP contribution < -0.4 is 0 Å². The average molecular weight is 444 g/mol. The smallest absolute Gasteiger partial charge is 0.426 e. The van der Waals surface area contributed by atoms with Crippen molar-refractivity contribution in [1.29, 1.82) is 0 Å². The number of hydrogen-bond donors (Lipinski definition) is 0. The summed E-state index contributed by atoms with van der Waals surface area (Å²) in [5, 5.41) is 0. The molecule has 26 heavy (non-hydrogen) atoms. The van der Waals surface area contributed by atoms with E-state index in [0.29, 0.717) is 14.3 Å². The molecule has 6 nitrogen and oxygen atoms in total. The molecular formula is C17H15BrFNO5S. The Morgan fingerprint density at radius 1 is 1.31 bits per heavy atom. The maximum atomic E-state index is 14.4. The van der Waals surface area contributed by atoms with Gasteiger partial charge in [0.2, 0.25) is 0 Å². The van der Waals surface area contributed by atoms with Crippen molar-refractivity contribution in [1.82, 2.24) is 4.31 Å². The number of ether oxygens (including phenoxy) is 1. The molecule has 0 aromatic heterocycles. The molecule has 138 valence electrons. The predicted molar refractivity (Wildman–Crippen MR) is 94.8 cm³/mol. The fourth-order valence-corrected chi connectivity index (χ4v) is 4.44. The van der Waals surface area contributed by atoms with Crippen LogP contribution in [0.2, 0.25) is 0 Å². The number of carbonyl (C=O) groups excluding carboxylic acids is 1. The van der Waals surface area contributed by atoms with Crippen molar-refractivity contribution in [2.45, 2.75) is 19.1 Å². The molecule has 2 aromatic carbocycles. The van der Waals surface area contributed by atoms with Gasteiger partial charge in [-0.25, -0.2) is 9.18 Å². The third-order valence-corrected chi connectivity index (χ3v) is 5.95. The maximum Gasteiger partial charge on any atom is 0.426 e. The average Bonchev–Trinajstić information content (AvgIpc) is 2.86. The Bertz CT molecular complexity index is 937. The third-order valence-electron chi connectivity index (χ3n) is 4.04. The molecule has 3 rings (SSSR count). The highest BCUT2D eigenvalue weighted by Gasteiger charge is 2.54. The van der Waals surface area contributed by atoms with Gasteiger partial charge in [-0.05, 0) is 30.7 Å². The largest absolute Gasteiger partial charge is 0.444 e. The first-order chi connectivity index (χ1) is 12.2. The molecule has 1 saturated heterocycles. The first-order valence-corrected chi connectivity index (χ1v) is 9.76. The van der Waals surface area contributed by atoms with Crippen molar-refractivity contribution in [3.63, 3.8) is 0 Å². The number of benzene rings is 2. The SMILES string of the molecule is C[C@@]1(c2cc(Br)ccc2F)COS(=O)(=O)N1C(=O)OCc1ccccc1. The van der Waals surface area contributed by atoms with Crippen LogP contribution in [0.4, 0.5) is 9.18 Å². The number of carbonyl (C=O) groups is 1. The predicted octanol–water partition coefficient (Wildman–Crippen LogP) is 3.72. The second-order valence-corrected chi connectivity index (χ2v) is 8.29. The van der Waals surface area contributed by atoms with Crippen LogP contribution in [0.25, 0.3) is 0 Å². The van der Waals surface area contributed by atoms with E-state index in [9.17, 15) is 17.6 Å². The van der Waals surface area contributed by atoms with Gasteiger partial charge in [-0.3, -0.25) is 4.18 Å².